The number of carboxylic acid groups (broad SMARTS) is 1. The van der Waals surface area contributed by atoms with Gasteiger partial charge in [-0.1, -0.05) is 6.92 Å². The van der Waals surface area contributed by atoms with Gasteiger partial charge >= 0.3 is 12.0 Å². The number of carbonyl (C=O) groups is 1. The average molecular weight is 208 g/mol. The van der Waals surface area contributed by atoms with Gasteiger partial charge in [0.1, 0.15) is 0 Å². The molecule has 15 heavy (non-hydrogen) atoms. The predicted octanol–water partition coefficient (Wildman–Crippen LogP) is 1.36. The number of aromatic nitrogens is 2. The number of allylic oxidation sites excluding steroid dienone is 1. The smallest absolute Gasteiger partial charge is 0.328 e. The number of ether oxygens (including phenoxy) is 1. The Labute approximate surface area is 87.4 Å². The molecule has 1 rings (SSSR count). The van der Waals surface area contributed by atoms with Crippen LogP contribution in [0.15, 0.2) is 18.5 Å². The largest absolute Gasteiger partial charge is 0.478 e. The number of rotatable bonds is 4. The monoisotopic (exact) mass is 208 g/mol. The van der Waals surface area contributed by atoms with Crippen molar-refractivity contribution in [1.82, 2.24) is 9.97 Å². The number of carboxylic acids is 1. The van der Waals surface area contributed by atoms with Gasteiger partial charge in [0.25, 0.3) is 0 Å². The van der Waals surface area contributed by atoms with Crippen LogP contribution < -0.4 is 4.74 Å². The minimum atomic E-state index is -0.970. The summed E-state index contributed by atoms with van der Waals surface area (Å²) in [6, 6.07) is 0.268. The summed E-state index contributed by atoms with van der Waals surface area (Å²) in [5.74, 6) is -0.970. The van der Waals surface area contributed by atoms with Gasteiger partial charge in [-0.15, -0.1) is 0 Å². The maximum atomic E-state index is 10.5. The quantitative estimate of drug-likeness (QED) is 0.756. The Hall–Kier alpha value is -1.91. The summed E-state index contributed by atoms with van der Waals surface area (Å²) in [7, 11) is 1.48. The molecule has 80 valence electrons. The van der Waals surface area contributed by atoms with Crippen molar-refractivity contribution in [2.45, 2.75) is 13.3 Å². The van der Waals surface area contributed by atoms with Crippen LogP contribution in [-0.4, -0.2) is 28.2 Å². The van der Waals surface area contributed by atoms with Gasteiger partial charge in [-0.3, -0.25) is 0 Å². The highest BCUT2D eigenvalue weighted by Crippen LogP contribution is 2.16. The Morgan fingerprint density at radius 2 is 2.13 bits per heavy atom. The molecule has 0 bridgehead atoms. The van der Waals surface area contributed by atoms with Gasteiger partial charge in [-0.05, 0) is 12.0 Å². The maximum Gasteiger partial charge on any atom is 0.328 e. The lowest BCUT2D eigenvalue weighted by Gasteiger charge is -2.03. The summed E-state index contributed by atoms with van der Waals surface area (Å²) in [5, 5.41) is 8.64. The Morgan fingerprint density at radius 3 is 2.53 bits per heavy atom. The number of methoxy groups -OCH3 is 1. The van der Waals surface area contributed by atoms with Crippen molar-refractivity contribution in [2.24, 2.45) is 0 Å². The molecule has 0 radical (unpaired) electrons. The van der Waals surface area contributed by atoms with Crippen molar-refractivity contribution < 1.29 is 14.6 Å². The summed E-state index contributed by atoms with van der Waals surface area (Å²) < 4.78 is 4.81. The molecule has 1 N–H and O–H groups in total. The van der Waals surface area contributed by atoms with Gasteiger partial charge in [-0.2, -0.15) is 0 Å². The van der Waals surface area contributed by atoms with E-state index >= 15 is 0 Å². The van der Waals surface area contributed by atoms with Crippen LogP contribution in [-0.2, 0) is 4.79 Å². The van der Waals surface area contributed by atoms with Crippen LogP contribution in [0.2, 0.25) is 0 Å². The molecule has 1 aromatic rings. The highest BCUT2D eigenvalue weighted by atomic mass is 16.5. The molecule has 1 aromatic heterocycles. The van der Waals surface area contributed by atoms with Crippen LogP contribution in [0.4, 0.5) is 0 Å². The number of hydrogen-bond acceptors (Lipinski definition) is 4. The van der Waals surface area contributed by atoms with E-state index in [2.05, 4.69) is 9.97 Å². The summed E-state index contributed by atoms with van der Waals surface area (Å²) in [4.78, 5) is 18.3. The first-order chi connectivity index (χ1) is 7.17. The molecule has 0 aliphatic heterocycles. The average Bonchev–Trinajstić information content (AvgIpc) is 2.26. The minimum absolute atomic E-state index is 0.268. The van der Waals surface area contributed by atoms with Crippen molar-refractivity contribution in [3.63, 3.8) is 0 Å². The van der Waals surface area contributed by atoms with Crippen LogP contribution in [0.5, 0.6) is 6.01 Å². The molecule has 0 aromatic carbocycles. The first-order valence-corrected chi connectivity index (χ1v) is 4.47. The molecular formula is C10H12N2O3. The molecule has 0 aliphatic carbocycles. The van der Waals surface area contributed by atoms with Crippen molar-refractivity contribution in [3.05, 3.63) is 24.0 Å². The Balaban J connectivity index is 2.98. The van der Waals surface area contributed by atoms with Gasteiger partial charge in [0.15, 0.2) is 0 Å². The van der Waals surface area contributed by atoms with E-state index in [1.165, 1.54) is 7.11 Å². The highest BCUT2D eigenvalue weighted by molar-refractivity contribution is 5.89. The third-order valence-electron chi connectivity index (χ3n) is 1.86. The van der Waals surface area contributed by atoms with Crippen molar-refractivity contribution in [3.8, 4) is 6.01 Å². The van der Waals surface area contributed by atoms with Crippen LogP contribution in [0, 0.1) is 0 Å². The van der Waals surface area contributed by atoms with E-state index < -0.39 is 5.97 Å². The first-order valence-electron chi connectivity index (χ1n) is 4.47. The van der Waals surface area contributed by atoms with E-state index in [1.807, 2.05) is 6.92 Å². The SMILES string of the molecule is CCC(=CC(=O)O)c1cnc(OC)nc1. The zero-order valence-corrected chi connectivity index (χ0v) is 8.60. The fourth-order valence-corrected chi connectivity index (χ4v) is 1.13. The van der Waals surface area contributed by atoms with E-state index in [0.717, 1.165) is 6.08 Å². The highest BCUT2D eigenvalue weighted by Gasteiger charge is 2.03. The van der Waals surface area contributed by atoms with Crippen LogP contribution in [0.1, 0.15) is 18.9 Å². The molecule has 5 nitrogen and oxygen atoms in total. The second-order valence-electron chi connectivity index (χ2n) is 2.82. The lowest BCUT2D eigenvalue weighted by molar-refractivity contribution is -0.131. The van der Waals surface area contributed by atoms with E-state index in [-0.39, 0.29) is 6.01 Å². The first kappa shape index (κ1) is 11.2. The maximum absolute atomic E-state index is 10.5. The lowest BCUT2D eigenvalue weighted by Crippen LogP contribution is -1.96. The van der Waals surface area contributed by atoms with Gasteiger partial charge in [-0.25, -0.2) is 14.8 Å². The summed E-state index contributed by atoms with van der Waals surface area (Å²) >= 11 is 0. The van der Waals surface area contributed by atoms with Gasteiger partial charge in [0, 0.05) is 24.0 Å². The van der Waals surface area contributed by atoms with E-state index in [0.29, 0.717) is 17.6 Å². The van der Waals surface area contributed by atoms with E-state index in [1.54, 1.807) is 12.4 Å². The van der Waals surface area contributed by atoms with Crippen LogP contribution >= 0.6 is 0 Å². The second-order valence-corrected chi connectivity index (χ2v) is 2.82. The number of hydrogen-bond donors (Lipinski definition) is 1. The number of nitrogens with zero attached hydrogens (tertiary/aromatic N) is 2. The standard InChI is InChI=1S/C10H12N2O3/c1-3-7(4-9(13)14)8-5-11-10(15-2)12-6-8/h4-6H,3H2,1-2H3,(H,13,14). The lowest BCUT2D eigenvalue weighted by atomic mass is 10.1. The summed E-state index contributed by atoms with van der Waals surface area (Å²) in [5.41, 5.74) is 1.38. The fraction of sp³-hybridized carbons (Fsp3) is 0.300. The van der Waals surface area contributed by atoms with Gasteiger partial charge in [0.05, 0.1) is 7.11 Å². The van der Waals surface area contributed by atoms with E-state index in [4.69, 9.17) is 9.84 Å². The third kappa shape index (κ3) is 3.05. The van der Waals surface area contributed by atoms with Gasteiger partial charge in [0.2, 0.25) is 0 Å². The normalized spacial score (nSPS) is 11.2. The Kier molecular flexibility index (Phi) is 3.79. The van der Waals surface area contributed by atoms with Crippen LogP contribution in [0.25, 0.3) is 5.57 Å². The van der Waals surface area contributed by atoms with Gasteiger partial charge < -0.3 is 9.84 Å². The molecule has 0 saturated carbocycles. The molecule has 0 amide bonds. The topological polar surface area (TPSA) is 72.3 Å². The predicted molar refractivity (Wildman–Crippen MR) is 54.5 cm³/mol. The molecule has 0 spiro atoms. The minimum Gasteiger partial charge on any atom is -0.478 e. The molecule has 0 aliphatic rings. The van der Waals surface area contributed by atoms with Crippen LogP contribution in [0.3, 0.4) is 0 Å². The summed E-state index contributed by atoms with van der Waals surface area (Å²) in [6.45, 7) is 1.87. The molecule has 0 saturated heterocycles. The number of aliphatic carboxylic acids is 1. The molecule has 0 atom stereocenters. The molecule has 0 fully saturated rings. The molecular weight excluding hydrogens is 196 g/mol. The molecule has 5 heteroatoms. The molecule has 1 heterocycles. The third-order valence-corrected chi connectivity index (χ3v) is 1.86. The fourth-order valence-electron chi connectivity index (χ4n) is 1.13. The van der Waals surface area contributed by atoms with Crippen molar-refractivity contribution >= 4 is 11.5 Å². The zero-order valence-electron chi connectivity index (χ0n) is 8.60. The Morgan fingerprint density at radius 1 is 1.53 bits per heavy atom. The van der Waals surface area contributed by atoms with E-state index in [9.17, 15) is 4.79 Å². The zero-order chi connectivity index (χ0) is 11.3. The molecule has 0 unspecified atom stereocenters. The second kappa shape index (κ2) is 5.09. The Bertz CT molecular complexity index is 371. The summed E-state index contributed by atoms with van der Waals surface area (Å²) in [6.07, 6.45) is 4.86. The van der Waals surface area contributed by atoms with Crippen molar-refractivity contribution in [1.29, 1.82) is 0 Å². The van der Waals surface area contributed by atoms with Crippen molar-refractivity contribution in [2.75, 3.05) is 7.11 Å².